The lowest BCUT2D eigenvalue weighted by atomic mass is 10.2. The molecule has 0 N–H and O–H groups in total. The Hall–Kier alpha value is -3.84. The smallest absolute Gasteiger partial charge is 0.262 e. The highest BCUT2D eigenvalue weighted by Crippen LogP contribution is 2.36. The van der Waals surface area contributed by atoms with Gasteiger partial charge in [-0.3, -0.25) is 9.36 Å². The van der Waals surface area contributed by atoms with E-state index in [2.05, 4.69) is 15.2 Å². The van der Waals surface area contributed by atoms with Gasteiger partial charge in [-0.05, 0) is 24.3 Å². The van der Waals surface area contributed by atoms with Gasteiger partial charge in [0.15, 0.2) is 28.6 Å². The van der Waals surface area contributed by atoms with Crippen LogP contribution in [0.3, 0.4) is 0 Å². The molecule has 0 aliphatic carbocycles. The van der Waals surface area contributed by atoms with E-state index in [4.69, 9.17) is 9.47 Å². The lowest BCUT2D eigenvalue weighted by molar-refractivity contribution is 0.0825. The van der Waals surface area contributed by atoms with E-state index >= 15 is 0 Å². The molecule has 1 atom stereocenters. The van der Waals surface area contributed by atoms with Crippen LogP contribution in [0.4, 0.5) is 0 Å². The second kappa shape index (κ2) is 8.36. The summed E-state index contributed by atoms with van der Waals surface area (Å²) in [6, 6.07) is 16.7. The van der Waals surface area contributed by atoms with Crippen LogP contribution in [0.2, 0.25) is 0 Å². The summed E-state index contributed by atoms with van der Waals surface area (Å²) in [5, 5.41) is 18.9. The van der Waals surface area contributed by atoms with E-state index in [1.165, 1.54) is 16.3 Å². The summed E-state index contributed by atoms with van der Waals surface area (Å²) in [6.07, 6.45) is -0.382. The standard InChI is InChI=1S/C22H18N6O3S/c1-27-20(18-12-30-16-8-4-5-9-17(16)31-18)25-26-22(27)32-13-19-24-15-7-3-2-6-14(15)21(29)28(19)11-10-23/h2-9,18H,11-13H2,1H3/t18-/m0/s1. The van der Waals surface area contributed by atoms with Crippen LogP contribution in [-0.2, 0) is 19.3 Å². The molecule has 2 aromatic heterocycles. The lowest BCUT2D eigenvalue weighted by Crippen LogP contribution is -2.25. The summed E-state index contributed by atoms with van der Waals surface area (Å²) in [5.74, 6) is 2.89. The van der Waals surface area contributed by atoms with Crippen LogP contribution in [-0.4, -0.2) is 30.9 Å². The molecule has 0 saturated carbocycles. The highest BCUT2D eigenvalue weighted by molar-refractivity contribution is 7.98. The fourth-order valence-corrected chi connectivity index (χ4v) is 4.43. The molecule has 1 aliphatic heterocycles. The zero-order valence-electron chi connectivity index (χ0n) is 17.1. The molecule has 4 aromatic rings. The molecule has 5 rings (SSSR count). The van der Waals surface area contributed by atoms with E-state index in [-0.39, 0.29) is 18.2 Å². The minimum absolute atomic E-state index is 0.0662. The number of fused-ring (bicyclic) bond motifs is 2. The van der Waals surface area contributed by atoms with E-state index in [0.29, 0.717) is 51.6 Å². The topological polar surface area (TPSA) is 108 Å². The van der Waals surface area contributed by atoms with Crippen LogP contribution in [0.5, 0.6) is 11.5 Å². The Kier molecular flexibility index (Phi) is 5.25. The number of ether oxygens (including phenoxy) is 2. The monoisotopic (exact) mass is 446 g/mol. The number of hydrogen-bond acceptors (Lipinski definition) is 8. The number of aromatic nitrogens is 5. The van der Waals surface area contributed by atoms with Crippen molar-refractivity contribution in [3.8, 4) is 17.6 Å². The Morgan fingerprint density at radius 2 is 1.94 bits per heavy atom. The first-order valence-electron chi connectivity index (χ1n) is 9.91. The van der Waals surface area contributed by atoms with E-state index in [1.54, 1.807) is 18.2 Å². The Morgan fingerprint density at radius 1 is 1.16 bits per heavy atom. The molecule has 0 bridgehead atoms. The molecule has 2 aromatic carbocycles. The van der Waals surface area contributed by atoms with Gasteiger partial charge in [-0.2, -0.15) is 5.26 Å². The highest BCUT2D eigenvalue weighted by atomic mass is 32.2. The summed E-state index contributed by atoms with van der Waals surface area (Å²) in [5.41, 5.74) is 0.380. The number of para-hydroxylation sites is 3. The van der Waals surface area contributed by atoms with Crippen LogP contribution in [0.1, 0.15) is 17.8 Å². The minimum atomic E-state index is -0.382. The van der Waals surface area contributed by atoms with Gasteiger partial charge in [0, 0.05) is 7.05 Å². The minimum Gasteiger partial charge on any atom is -0.485 e. The van der Waals surface area contributed by atoms with Gasteiger partial charge >= 0.3 is 0 Å². The first-order valence-corrected chi connectivity index (χ1v) is 10.9. The van der Waals surface area contributed by atoms with Crippen molar-refractivity contribution < 1.29 is 9.47 Å². The second-order valence-corrected chi connectivity index (χ2v) is 8.09. The number of hydrogen-bond donors (Lipinski definition) is 0. The molecule has 9 nitrogen and oxygen atoms in total. The molecular formula is C22H18N6O3S. The predicted molar refractivity (Wildman–Crippen MR) is 117 cm³/mol. The van der Waals surface area contributed by atoms with E-state index in [9.17, 15) is 10.1 Å². The van der Waals surface area contributed by atoms with Gasteiger partial charge in [0.25, 0.3) is 5.56 Å². The predicted octanol–water partition coefficient (Wildman–Crippen LogP) is 2.85. The Morgan fingerprint density at radius 3 is 2.78 bits per heavy atom. The lowest BCUT2D eigenvalue weighted by Gasteiger charge is -2.25. The summed E-state index contributed by atoms with van der Waals surface area (Å²) >= 11 is 1.39. The molecule has 10 heteroatoms. The summed E-state index contributed by atoms with van der Waals surface area (Å²) in [6.45, 7) is 0.269. The molecule has 0 spiro atoms. The third-order valence-electron chi connectivity index (χ3n) is 5.17. The summed E-state index contributed by atoms with van der Waals surface area (Å²) in [4.78, 5) is 17.4. The number of benzene rings is 2. The van der Waals surface area contributed by atoms with Crippen LogP contribution < -0.4 is 15.0 Å². The van der Waals surface area contributed by atoms with E-state index < -0.39 is 0 Å². The SMILES string of the molecule is Cn1c(SCc2nc3ccccc3c(=O)n2CC#N)nnc1[C@@H]1COc2ccccc2O1. The maximum absolute atomic E-state index is 12.8. The van der Waals surface area contributed by atoms with Gasteiger partial charge < -0.3 is 14.0 Å². The largest absolute Gasteiger partial charge is 0.485 e. The molecule has 1 aliphatic rings. The molecule has 32 heavy (non-hydrogen) atoms. The van der Waals surface area contributed by atoms with Crippen molar-refractivity contribution in [2.45, 2.75) is 23.6 Å². The molecule has 0 radical (unpaired) electrons. The fourth-order valence-electron chi connectivity index (χ4n) is 3.57. The highest BCUT2D eigenvalue weighted by Gasteiger charge is 2.27. The fraction of sp³-hybridized carbons (Fsp3) is 0.227. The van der Waals surface area contributed by atoms with Gasteiger partial charge in [0.1, 0.15) is 19.0 Å². The van der Waals surface area contributed by atoms with Crippen molar-refractivity contribution >= 4 is 22.7 Å². The first-order chi connectivity index (χ1) is 15.7. The molecular weight excluding hydrogens is 428 g/mol. The third kappa shape index (κ3) is 3.56. The third-order valence-corrected chi connectivity index (χ3v) is 6.18. The zero-order valence-corrected chi connectivity index (χ0v) is 18.0. The van der Waals surface area contributed by atoms with Crippen molar-refractivity contribution in [1.82, 2.24) is 24.3 Å². The van der Waals surface area contributed by atoms with E-state index in [1.807, 2.05) is 48.0 Å². The molecule has 0 amide bonds. The average Bonchev–Trinajstić information content (AvgIpc) is 3.19. The summed E-state index contributed by atoms with van der Waals surface area (Å²) in [7, 11) is 1.86. The van der Waals surface area contributed by atoms with Gasteiger partial charge in [-0.15, -0.1) is 10.2 Å². The molecule has 0 fully saturated rings. The maximum atomic E-state index is 12.8. The Balaban J connectivity index is 1.39. The van der Waals surface area contributed by atoms with Crippen molar-refractivity contribution in [3.05, 3.63) is 70.5 Å². The average molecular weight is 446 g/mol. The zero-order chi connectivity index (χ0) is 22.1. The van der Waals surface area contributed by atoms with Gasteiger partial charge in [-0.1, -0.05) is 36.0 Å². The Bertz CT molecular complexity index is 1410. The van der Waals surface area contributed by atoms with Crippen LogP contribution in [0.25, 0.3) is 10.9 Å². The molecule has 0 unspecified atom stereocenters. The van der Waals surface area contributed by atoms with Crippen LogP contribution in [0.15, 0.2) is 58.5 Å². The molecule has 0 saturated heterocycles. The normalized spacial score (nSPS) is 14.9. The van der Waals surface area contributed by atoms with Crippen molar-refractivity contribution in [2.24, 2.45) is 7.05 Å². The number of nitriles is 1. The van der Waals surface area contributed by atoms with Gasteiger partial charge in [0.05, 0.1) is 22.7 Å². The summed E-state index contributed by atoms with van der Waals surface area (Å²) < 4.78 is 15.1. The number of thioether (sulfide) groups is 1. The first kappa shape index (κ1) is 20.1. The van der Waals surface area contributed by atoms with Crippen molar-refractivity contribution in [2.75, 3.05) is 6.61 Å². The second-order valence-electron chi connectivity index (χ2n) is 7.15. The quantitative estimate of drug-likeness (QED) is 0.431. The molecule has 160 valence electrons. The maximum Gasteiger partial charge on any atom is 0.262 e. The van der Waals surface area contributed by atoms with Gasteiger partial charge in [0.2, 0.25) is 0 Å². The van der Waals surface area contributed by atoms with Crippen molar-refractivity contribution in [1.29, 1.82) is 5.26 Å². The van der Waals surface area contributed by atoms with Gasteiger partial charge in [-0.25, -0.2) is 4.98 Å². The number of rotatable bonds is 5. The van der Waals surface area contributed by atoms with Crippen molar-refractivity contribution in [3.63, 3.8) is 0 Å². The van der Waals surface area contributed by atoms with E-state index in [0.717, 1.165) is 0 Å². The van der Waals surface area contributed by atoms with Crippen LogP contribution >= 0.6 is 11.8 Å². The Labute approximate surface area is 187 Å². The van der Waals surface area contributed by atoms with Crippen LogP contribution in [0, 0.1) is 11.3 Å². The number of nitrogens with zero attached hydrogens (tertiary/aromatic N) is 6. The molecule has 3 heterocycles.